The number of hydrogen-bond donors (Lipinski definition) is 2. The highest BCUT2D eigenvalue weighted by atomic mass is 35.5. The Labute approximate surface area is 245 Å². The summed E-state index contributed by atoms with van der Waals surface area (Å²) in [5.74, 6) is -1.54. The third kappa shape index (κ3) is 8.12. The third-order valence-corrected chi connectivity index (χ3v) is 6.78. The molecule has 2 amide bonds. The SMILES string of the molecule is O=C(COc1ccc(Cl)cc1Cl)NCc1nnc(SCC(=O)Nc2ccccc2C(F)(F)F)n1-c1ccc(F)cc1. The van der Waals surface area contributed by atoms with E-state index >= 15 is 0 Å². The van der Waals surface area contributed by atoms with Crippen molar-refractivity contribution in [3.63, 3.8) is 0 Å². The quantitative estimate of drug-likeness (QED) is 0.161. The Hall–Kier alpha value is -3.81. The number of alkyl halides is 3. The fourth-order valence-electron chi connectivity index (χ4n) is 3.48. The summed E-state index contributed by atoms with van der Waals surface area (Å²) >= 11 is 12.8. The molecule has 1 aromatic heterocycles. The van der Waals surface area contributed by atoms with E-state index in [-0.39, 0.29) is 46.3 Å². The summed E-state index contributed by atoms with van der Waals surface area (Å²) in [6, 6.07) is 14.4. The lowest BCUT2D eigenvalue weighted by atomic mass is 10.1. The number of aromatic nitrogens is 3. The smallest absolute Gasteiger partial charge is 0.418 e. The van der Waals surface area contributed by atoms with Crippen molar-refractivity contribution >= 4 is 52.5 Å². The zero-order chi connectivity index (χ0) is 29.6. The molecule has 0 saturated heterocycles. The first-order chi connectivity index (χ1) is 19.5. The summed E-state index contributed by atoms with van der Waals surface area (Å²) < 4.78 is 60.3. The van der Waals surface area contributed by atoms with Crippen LogP contribution in [0.1, 0.15) is 11.4 Å². The van der Waals surface area contributed by atoms with Gasteiger partial charge in [-0.3, -0.25) is 14.2 Å². The molecule has 0 aliphatic rings. The average Bonchev–Trinajstić information content (AvgIpc) is 3.33. The van der Waals surface area contributed by atoms with Crippen molar-refractivity contribution in [2.24, 2.45) is 0 Å². The van der Waals surface area contributed by atoms with E-state index in [2.05, 4.69) is 20.8 Å². The summed E-state index contributed by atoms with van der Waals surface area (Å²) in [6.45, 7) is -0.486. The number of carbonyl (C=O) groups is 2. The molecule has 4 rings (SSSR count). The van der Waals surface area contributed by atoms with E-state index < -0.39 is 29.4 Å². The minimum absolute atomic E-state index is 0.118. The van der Waals surface area contributed by atoms with Crippen LogP contribution in [0.4, 0.5) is 23.2 Å². The number of rotatable bonds is 10. The highest BCUT2D eigenvalue weighted by Gasteiger charge is 2.33. The van der Waals surface area contributed by atoms with Crippen LogP contribution in [0, 0.1) is 5.82 Å². The van der Waals surface area contributed by atoms with Crippen LogP contribution in [0.2, 0.25) is 10.0 Å². The Morgan fingerprint density at radius 1 is 0.976 bits per heavy atom. The highest BCUT2D eigenvalue weighted by molar-refractivity contribution is 7.99. The van der Waals surface area contributed by atoms with Crippen molar-refractivity contribution in [2.75, 3.05) is 17.7 Å². The molecule has 0 atom stereocenters. The van der Waals surface area contributed by atoms with Crippen LogP contribution in [-0.4, -0.2) is 38.9 Å². The molecule has 0 unspecified atom stereocenters. The van der Waals surface area contributed by atoms with Gasteiger partial charge in [-0.2, -0.15) is 13.2 Å². The number of thioether (sulfide) groups is 1. The van der Waals surface area contributed by atoms with E-state index in [0.717, 1.165) is 23.9 Å². The van der Waals surface area contributed by atoms with E-state index in [4.69, 9.17) is 27.9 Å². The molecule has 0 bridgehead atoms. The first-order valence-electron chi connectivity index (χ1n) is 11.6. The topological polar surface area (TPSA) is 98.1 Å². The molecule has 0 aliphatic heterocycles. The molecule has 2 N–H and O–H groups in total. The fraction of sp³-hybridized carbons (Fsp3) is 0.154. The molecule has 0 aliphatic carbocycles. The van der Waals surface area contributed by atoms with Gasteiger partial charge in [-0.05, 0) is 54.6 Å². The monoisotopic (exact) mass is 627 g/mol. The van der Waals surface area contributed by atoms with Gasteiger partial charge in [0.15, 0.2) is 17.6 Å². The van der Waals surface area contributed by atoms with Crippen LogP contribution < -0.4 is 15.4 Å². The number of amides is 2. The van der Waals surface area contributed by atoms with Crippen LogP contribution in [0.5, 0.6) is 5.75 Å². The lowest BCUT2D eigenvalue weighted by Gasteiger charge is -2.14. The van der Waals surface area contributed by atoms with E-state index in [1.807, 2.05) is 0 Å². The van der Waals surface area contributed by atoms with Crippen LogP contribution in [-0.2, 0) is 22.3 Å². The average molecular weight is 628 g/mol. The zero-order valence-corrected chi connectivity index (χ0v) is 23.0. The highest BCUT2D eigenvalue weighted by Crippen LogP contribution is 2.35. The molecule has 0 fully saturated rings. The van der Waals surface area contributed by atoms with Gasteiger partial charge >= 0.3 is 6.18 Å². The summed E-state index contributed by atoms with van der Waals surface area (Å²) in [6.07, 6.45) is -4.65. The summed E-state index contributed by atoms with van der Waals surface area (Å²) in [5, 5.41) is 13.8. The summed E-state index contributed by atoms with van der Waals surface area (Å²) in [7, 11) is 0. The zero-order valence-electron chi connectivity index (χ0n) is 20.7. The normalized spacial score (nSPS) is 11.3. The van der Waals surface area contributed by atoms with Crippen molar-refractivity contribution in [1.82, 2.24) is 20.1 Å². The van der Waals surface area contributed by atoms with Crippen LogP contribution in [0.25, 0.3) is 5.69 Å². The second-order valence-corrected chi connectivity index (χ2v) is 10.0. The molecular weight excluding hydrogens is 609 g/mol. The first-order valence-corrected chi connectivity index (χ1v) is 13.4. The number of anilines is 1. The second kappa shape index (κ2) is 13.2. The number of halogens is 6. The van der Waals surface area contributed by atoms with Crippen molar-refractivity contribution < 1.29 is 31.9 Å². The molecule has 15 heteroatoms. The minimum atomic E-state index is -4.65. The molecule has 0 saturated carbocycles. The maximum Gasteiger partial charge on any atom is 0.418 e. The molecule has 0 spiro atoms. The lowest BCUT2D eigenvalue weighted by Crippen LogP contribution is -2.29. The van der Waals surface area contributed by atoms with Crippen molar-refractivity contribution in [3.05, 3.63) is 94.0 Å². The number of para-hydroxylation sites is 1. The maximum absolute atomic E-state index is 13.6. The van der Waals surface area contributed by atoms with Gasteiger partial charge in [-0.25, -0.2) is 4.39 Å². The van der Waals surface area contributed by atoms with Gasteiger partial charge in [-0.1, -0.05) is 47.1 Å². The molecule has 8 nitrogen and oxygen atoms in total. The van der Waals surface area contributed by atoms with Crippen molar-refractivity contribution in [3.8, 4) is 11.4 Å². The Morgan fingerprint density at radius 3 is 2.41 bits per heavy atom. The Balaban J connectivity index is 1.44. The number of nitrogens with one attached hydrogen (secondary N) is 2. The van der Waals surface area contributed by atoms with Crippen LogP contribution in [0.15, 0.2) is 71.9 Å². The van der Waals surface area contributed by atoms with Crippen molar-refractivity contribution in [2.45, 2.75) is 17.9 Å². The number of hydrogen-bond acceptors (Lipinski definition) is 6. The lowest BCUT2D eigenvalue weighted by molar-refractivity contribution is -0.137. The fourth-order valence-corrected chi connectivity index (χ4v) is 4.71. The predicted molar refractivity (Wildman–Crippen MR) is 146 cm³/mol. The Morgan fingerprint density at radius 2 is 1.71 bits per heavy atom. The molecule has 3 aromatic carbocycles. The molecular formula is C26H19Cl2F4N5O3S. The van der Waals surface area contributed by atoms with E-state index in [1.54, 1.807) is 6.07 Å². The molecule has 1 heterocycles. The molecule has 214 valence electrons. The second-order valence-electron chi connectivity index (χ2n) is 8.23. The number of ether oxygens (including phenoxy) is 1. The van der Waals surface area contributed by atoms with Gasteiger partial charge in [0.25, 0.3) is 5.91 Å². The Bertz CT molecular complexity index is 1550. The van der Waals surface area contributed by atoms with Crippen molar-refractivity contribution in [1.29, 1.82) is 0 Å². The van der Waals surface area contributed by atoms with Gasteiger partial charge in [0.05, 0.1) is 28.6 Å². The molecule has 41 heavy (non-hydrogen) atoms. The Kier molecular flexibility index (Phi) is 9.73. The van der Waals surface area contributed by atoms with Gasteiger partial charge < -0.3 is 15.4 Å². The first kappa shape index (κ1) is 30.2. The van der Waals surface area contributed by atoms with E-state index in [1.165, 1.54) is 53.1 Å². The van der Waals surface area contributed by atoms with Crippen LogP contribution >= 0.6 is 35.0 Å². The van der Waals surface area contributed by atoms with Gasteiger partial charge in [0, 0.05) is 10.7 Å². The van der Waals surface area contributed by atoms with Crippen LogP contribution in [0.3, 0.4) is 0 Å². The maximum atomic E-state index is 13.6. The summed E-state index contributed by atoms with van der Waals surface area (Å²) in [4.78, 5) is 24.9. The van der Waals surface area contributed by atoms with Gasteiger partial charge in [0.2, 0.25) is 5.91 Å². The van der Waals surface area contributed by atoms with E-state index in [0.29, 0.717) is 10.7 Å². The third-order valence-electron chi connectivity index (χ3n) is 5.32. The van der Waals surface area contributed by atoms with E-state index in [9.17, 15) is 27.2 Å². The van der Waals surface area contributed by atoms with Gasteiger partial charge in [0.1, 0.15) is 11.6 Å². The predicted octanol–water partition coefficient (Wildman–Crippen LogP) is 6.16. The standard InChI is InChI=1S/C26H19Cl2F4N5O3S/c27-15-5-10-21(19(28)11-15)40-13-23(38)33-12-22-35-36-25(37(22)17-8-6-16(29)7-9-17)41-14-24(39)34-20-4-2-1-3-18(20)26(30,31)32/h1-11H,12-14H2,(H,33,38)(H,34,39). The number of carbonyl (C=O) groups excluding carboxylic acids is 2. The number of benzene rings is 3. The minimum Gasteiger partial charge on any atom is -0.482 e. The van der Waals surface area contributed by atoms with Gasteiger partial charge in [-0.15, -0.1) is 10.2 Å². The summed E-state index contributed by atoms with van der Waals surface area (Å²) in [5.41, 5.74) is -0.931. The molecule has 4 aromatic rings. The molecule has 0 radical (unpaired) electrons. The number of nitrogens with zero attached hydrogens (tertiary/aromatic N) is 3. The largest absolute Gasteiger partial charge is 0.482 e.